The van der Waals surface area contributed by atoms with Crippen molar-refractivity contribution >= 4 is 41.5 Å². The van der Waals surface area contributed by atoms with Crippen molar-refractivity contribution < 1.29 is 48.9 Å². The van der Waals surface area contributed by atoms with Gasteiger partial charge in [0.25, 0.3) is 0 Å². The summed E-state index contributed by atoms with van der Waals surface area (Å²) in [6, 6.07) is 2.44. The van der Waals surface area contributed by atoms with Gasteiger partial charge in [0.15, 0.2) is 0 Å². The zero-order chi connectivity index (χ0) is 28.8. The Labute approximate surface area is 216 Å². The minimum atomic E-state index is -1.68. The first kappa shape index (κ1) is 31.5. The summed E-state index contributed by atoms with van der Waals surface area (Å²) in [7, 11) is 0. The summed E-state index contributed by atoms with van der Waals surface area (Å²) in [6.07, 6.45) is -2.44. The van der Waals surface area contributed by atoms with Gasteiger partial charge in [-0.3, -0.25) is 28.8 Å². The maximum atomic E-state index is 13.1. The first-order chi connectivity index (χ1) is 17.8. The second kappa shape index (κ2) is 15.6. The Morgan fingerprint density at radius 1 is 0.711 bits per heavy atom. The van der Waals surface area contributed by atoms with E-state index in [1.165, 1.54) is 0 Å². The summed E-state index contributed by atoms with van der Waals surface area (Å²) >= 11 is 0. The molecule has 0 saturated heterocycles. The van der Waals surface area contributed by atoms with E-state index < -0.39 is 91.4 Å². The predicted molar refractivity (Wildman–Crippen MR) is 129 cm³/mol. The molecule has 38 heavy (non-hydrogen) atoms. The third kappa shape index (κ3) is 11.9. The summed E-state index contributed by atoms with van der Waals surface area (Å²) < 4.78 is 0. The Hall–Kier alpha value is -4.53. The molecule has 0 aromatic heterocycles. The van der Waals surface area contributed by atoms with Gasteiger partial charge in [0, 0.05) is 19.3 Å². The first-order valence-corrected chi connectivity index (χ1v) is 11.5. The molecule has 208 valence electrons. The highest BCUT2D eigenvalue weighted by Gasteiger charge is 2.31. The molecule has 0 bridgehead atoms. The molecule has 0 radical (unpaired) electrons. The van der Waals surface area contributed by atoms with Crippen LogP contribution in [0, 0.1) is 0 Å². The number of carboxylic acid groups (broad SMARTS) is 3. The minimum Gasteiger partial charge on any atom is -0.481 e. The summed E-state index contributed by atoms with van der Waals surface area (Å²) in [4.78, 5) is 82.9. The van der Waals surface area contributed by atoms with Crippen LogP contribution in [-0.4, -0.2) is 81.0 Å². The average molecular weight is 538 g/mol. The molecular formula is C23H31N5O10. The number of rotatable bonds is 17. The van der Waals surface area contributed by atoms with Crippen LogP contribution in [-0.2, 0) is 40.0 Å². The van der Waals surface area contributed by atoms with E-state index in [9.17, 15) is 38.7 Å². The van der Waals surface area contributed by atoms with E-state index in [-0.39, 0.29) is 12.8 Å². The highest BCUT2D eigenvalue weighted by atomic mass is 16.4. The van der Waals surface area contributed by atoms with Crippen molar-refractivity contribution in [3.8, 4) is 0 Å². The zero-order valence-electron chi connectivity index (χ0n) is 20.3. The quantitative estimate of drug-likeness (QED) is 0.105. The van der Waals surface area contributed by atoms with Crippen LogP contribution in [0.25, 0.3) is 0 Å². The van der Waals surface area contributed by atoms with Gasteiger partial charge in [-0.2, -0.15) is 0 Å². The molecule has 10 N–H and O–H groups in total. The maximum absolute atomic E-state index is 13.1. The Kier molecular flexibility index (Phi) is 12.9. The second-order valence-corrected chi connectivity index (χ2v) is 8.35. The highest BCUT2D eigenvalue weighted by molar-refractivity contribution is 5.95. The van der Waals surface area contributed by atoms with E-state index in [0.717, 1.165) is 0 Å². The molecule has 4 amide bonds. The van der Waals surface area contributed by atoms with Gasteiger partial charge in [-0.1, -0.05) is 30.3 Å². The molecule has 0 aliphatic heterocycles. The Bertz CT molecular complexity index is 1030. The number of aliphatic carboxylic acids is 3. The molecule has 0 spiro atoms. The number of hydrogen-bond donors (Lipinski definition) is 8. The number of benzene rings is 1. The molecule has 4 atom stereocenters. The van der Waals surface area contributed by atoms with Crippen molar-refractivity contribution in [3.05, 3.63) is 35.9 Å². The molecule has 0 heterocycles. The fourth-order valence-electron chi connectivity index (χ4n) is 3.23. The summed E-state index contributed by atoms with van der Waals surface area (Å²) in [6.45, 7) is 0. The molecule has 1 rings (SSSR count). The van der Waals surface area contributed by atoms with Gasteiger partial charge in [-0.25, -0.2) is 4.79 Å². The van der Waals surface area contributed by atoms with Gasteiger partial charge >= 0.3 is 17.9 Å². The molecule has 0 unspecified atom stereocenters. The van der Waals surface area contributed by atoms with Crippen LogP contribution in [0.2, 0.25) is 0 Å². The number of carbonyl (C=O) groups excluding carboxylic acids is 4. The molecule has 1 aromatic rings. The van der Waals surface area contributed by atoms with Gasteiger partial charge in [-0.15, -0.1) is 0 Å². The second-order valence-electron chi connectivity index (χ2n) is 8.35. The maximum Gasteiger partial charge on any atom is 0.326 e. The topological polar surface area (TPSA) is 268 Å². The summed E-state index contributed by atoms with van der Waals surface area (Å²) in [5.74, 6) is -7.85. The number of carbonyl (C=O) groups is 7. The van der Waals surface area contributed by atoms with Crippen molar-refractivity contribution in [2.24, 2.45) is 11.5 Å². The zero-order valence-corrected chi connectivity index (χ0v) is 20.3. The molecule has 0 aliphatic rings. The monoisotopic (exact) mass is 537 g/mol. The van der Waals surface area contributed by atoms with Crippen molar-refractivity contribution in [2.45, 2.75) is 62.7 Å². The summed E-state index contributed by atoms with van der Waals surface area (Å²) in [5, 5.41) is 33.9. The van der Waals surface area contributed by atoms with Crippen molar-refractivity contribution in [2.75, 3.05) is 0 Å². The smallest absolute Gasteiger partial charge is 0.326 e. The fourth-order valence-corrected chi connectivity index (χ4v) is 3.23. The van der Waals surface area contributed by atoms with E-state index in [4.69, 9.17) is 21.7 Å². The lowest BCUT2D eigenvalue weighted by Gasteiger charge is -2.25. The normalized spacial score (nSPS) is 13.7. The van der Waals surface area contributed by atoms with E-state index in [1.807, 2.05) is 0 Å². The van der Waals surface area contributed by atoms with Gasteiger partial charge in [0.1, 0.15) is 18.1 Å². The van der Waals surface area contributed by atoms with Crippen LogP contribution in [0.4, 0.5) is 0 Å². The number of carboxylic acids is 3. The number of primary amides is 1. The molecule has 15 heteroatoms. The van der Waals surface area contributed by atoms with Crippen molar-refractivity contribution in [1.29, 1.82) is 0 Å². The fraction of sp³-hybridized carbons (Fsp3) is 0.435. The number of hydrogen-bond acceptors (Lipinski definition) is 8. The van der Waals surface area contributed by atoms with E-state index in [1.54, 1.807) is 30.3 Å². The molecular weight excluding hydrogens is 506 g/mol. The van der Waals surface area contributed by atoms with E-state index in [0.29, 0.717) is 5.56 Å². The van der Waals surface area contributed by atoms with E-state index in [2.05, 4.69) is 16.0 Å². The van der Waals surface area contributed by atoms with Crippen molar-refractivity contribution in [1.82, 2.24) is 16.0 Å². The van der Waals surface area contributed by atoms with Crippen LogP contribution in [0.15, 0.2) is 30.3 Å². The van der Waals surface area contributed by atoms with Crippen LogP contribution in [0.5, 0.6) is 0 Å². The van der Waals surface area contributed by atoms with Crippen LogP contribution >= 0.6 is 0 Å². The van der Waals surface area contributed by atoms with Gasteiger partial charge in [0.05, 0.1) is 12.5 Å². The standard InChI is InChI=1S/C23H31N5O10/c24-13(6-8-18(30)31)20(34)26-14(7-9-19(32)33)21(35)27-15(10-12-4-2-1-3-5-12)22(36)28-16(23(37)38)11-17(25)29/h1-5,13-16H,6-11,24H2,(H2,25,29)(H,26,34)(H,27,35)(H,28,36)(H,30,31)(H,32,33)(H,37,38)/t13-,14-,15-,16-/m0/s1. The van der Waals surface area contributed by atoms with Crippen LogP contribution < -0.4 is 27.4 Å². The Morgan fingerprint density at radius 3 is 1.74 bits per heavy atom. The molecule has 0 saturated carbocycles. The third-order valence-corrected chi connectivity index (χ3v) is 5.22. The minimum absolute atomic E-state index is 0.126. The SMILES string of the molecule is NC(=O)C[C@H](NC(=O)[C@H](Cc1ccccc1)NC(=O)[C@H](CCC(=O)O)NC(=O)[C@@H](N)CCC(=O)O)C(=O)O. The number of nitrogens with two attached hydrogens (primary N) is 2. The number of amides is 4. The number of nitrogens with one attached hydrogen (secondary N) is 3. The molecule has 1 aromatic carbocycles. The Balaban J connectivity index is 3.13. The lowest BCUT2D eigenvalue weighted by atomic mass is 10.0. The predicted octanol–water partition coefficient (Wildman–Crippen LogP) is -2.30. The lowest BCUT2D eigenvalue weighted by molar-refractivity contribution is -0.143. The van der Waals surface area contributed by atoms with Gasteiger partial charge < -0.3 is 42.7 Å². The first-order valence-electron chi connectivity index (χ1n) is 11.5. The lowest BCUT2D eigenvalue weighted by Crippen LogP contribution is -2.58. The van der Waals surface area contributed by atoms with Crippen molar-refractivity contribution in [3.63, 3.8) is 0 Å². The Morgan fingerprint density at radius 2 is 1.21 bits per heavy atom. The summed E-state index contributed by atoms with van der Waals surface area (Å²) in [5.41, 5.74) is 11.3. The highest BCUT2D eigenvalue weighted by Crippen LogP contribution is 2.07. The largest absolute Gasteiger partial charge is 0.481 e. The van der Waals surface area contributed by atoms with Crippen LogP contribution in [0.1, 0.15) is 37.7 Å². The van der Waals surface area contributed by atoms with Gasteiger partial charge in [-0.05, 0) is 18.4 Å². The van der Waals surface area contributed by atoms with Gasteiger partial charge in [0.2, 0.25) is 23.6 Å². The third-order valence-electron chi connectivity index (χ3n) is 5.22. The average Bonchev–Trinajstić information content (AvgIpc) is 2.83. The van der Waals surface area contributed by atoms with Crippen LogP contribution in [0.3, 0.4) is 0 Å². The molecule has 0 fully saturated rings. The van der Waals surface area contributed by atoms with E-state index >= 15 is 0 Å². The molecule has 0 aliphatic carbocycles. The molecule has 15 nitrogen and oxygen atoms in total.